The number of sulfonamides is 1. The molecule has 6 heteroatoms. The number of benzene rings is 3. The summed E-state index contributed by atoms with van der Waals surface area (Å²) < 4.78 is 30.6. The van der Waals surface area contributed by atoms with Crippen LogP contribution in [0.5, 0.6) is 0 Å². The molecular formula is C24H22N2O3S. The fraction of sp³-hybridized carbons (Fsp3) is 0.125. The van der Waals surface area contributed by atoms with Crippen molar-refractivity contribution in [1.29, 1.82) is 0 Å². The molecule has 5 nitrogen and oxygen atoms in total. The van der Waals surface area contributed by atoms with Crippen LogP contribution in [0.15, 0.2) is 82.1 Å². The van der Waals surface area contributed by atoms with E-state index >= 15 is 0 Å². The number of hydrogen-bond acceptors (Lipinski definition) is 4. The molecule has 0 aliphatic carbocycles. The van der Waals surface area contributed by atoms with E-state index in [2.05, 4.69) is 0 Å². The maximum absolute atomic E-state index is 12.2. The van der Waals surface area contributed by atoms with Crippen LogP contribution in [-0.4, -0.2) is 13.4 Å². The van der Waals surface area contributed by atoms with Crippen molar-refractivity contribution < 1.29 is 12.8 Å². The zero-order valence-corrected chi connectivity index (χ0v) is 17.6. The van der Waals surface area contributed by atoms with Crippen molar-refractivity contribution in [2.75, 3.05) is 0 Å². The third-order valence-corrected chi connectivity index (χ3v) is 6.06. The highest BCUT2D eigenvalue weighted by atomic mass is 32.2. The smallest absolute Gasteiger partial charge is 0.238 e. The number of primary sulfonamides is 1. The molecule has 0 aliphatic heterocycles. The minimum absolute atomic E-state index is 0.0228. The molecule has 1 aromatic heterocycles. The molecular weight excluding hydrogens is 396 g/mol. The van der Waals surface area contributed by atoms with Crippen molar-refractivity contribution in [3.63, 3.8) is 0 Å². The number of nitrogens with zero attached hydrogens (tertiary/aromatic N) is 1. The summed E-state index contributed by atoms with van der Waals surface area (Å²) in [5, 5.41) is 5.47. The third kappa shape index (κ3) is 4.06. The van der Waals surface area contributed by atoms with Gasteiger partial charge in [0.25, 0.3) is 0 Å². The average Bonchev–Trinajstić information content (AvgIpc) is 3.14. The molecule has 0 amide bonds. The van der Waals surface area contributed by atoms with Crippen molar-refractivity contribution >= 4 is 10.0 Å². The van der Waals surface area contributed by atoms with Crippen LogP contribution in [0.1, 0.15) is 22.6 Å². The number of aromatic nitrogens is 1. The quantitative estimate of drug-likeness (QED) is 0.501. The first-order valence-electron chi connectivity index (χ1n) is 9.56. The molecule has 4 rings (SSSR count). The zero-order chi connectivity index (χ0) is 21.3. The van der Waals surface area contributed by atoms with Crippen LogP contribution in [0, 0.1) is 13.8 Å². The van der Waals surface area contributed by atoms with Crippen molar-refractivity contribution in [2.24, 2.45) is 5.14 Å². The largest absolute Gasteiger partial charge is 0.440 e. The van der Waals surface area contributed by atoms with Crippen LogP contribution in [0.4, 0.5) is 0 Å². The van der Waals surface area contributed by atoms with Gasteiger partial charge in [-0.2, -0.15) is 0 Å². The van der Waals surface area contributed by atoms with Crippen LogP contribution >= 0.6 is 0 Å². The minimum atomic E-state index is -3.93. The molecule has 0 fully saturated rings. The second kappa shape index (κ2) is 7.89. The summed E-state index contributed by atoms with van der Waals surface area (Å²) in [6.45, 7) is 4.07. The van der Waals surface area contributed by atoms with E-state index in [1.165, 1.54) is 6.07 Å². The standard InChI is InChI=1S/C24H22N2O3S/c1-16-12-13-19(14-17(16)2)24-23(20-10-6-7-11-21(20)30(25,27)28)26-22(29-24)15-18-8-4-3-5-9-18/h3-14H,15H2,1-2H3,(H2,25,27,28). The Morgan fingerprint density at radius 2 is 1.60 bits per heavy atom. The third-order valence-electron chi connectivity index (χ3n) is 5.09. The molecule has 30 heavy (non-hydrogen) atoms. The number of oxazole rings is 1. The summed E-state index contributed by atoms with van der Waals surface area (Å²) in [5.41, 5.74) is 5.05. The molecule has 0 spiro atoms. The summed E-state index contributed by atoms with van der Waals surface area (Å²) >= 11 is 0. The first kappa shape index (κ1) is 20.1. The van der Waals surface area contributed by atoms with Gasteiger partial charge in [0.15, 0.2) is 11.7 Å². The normalized spacial score (nSPS) is 11.6. The molecule has 0 aliphatic rings. The highest BCUT2D eigenvalue weighted by Gasteiger charge is 2.23. The van der Waals surface area contributed by atoms with Gasteiger partial charge in [-0.15, -0.1) is 0 Å². The molecule has 3 aromatic carbocycles. The predicted octanol–water partition coefficient (Wildman–Crippen LogP) is 4.86. The molecule has 2 N–H and O–H groups in total. The van der Waals surface area contributed by atoms with Crippen LogP contribution < -0.4 is 5.14 Å². The van der Waals surface area contributed by atoms with Crippen LogP contribution in [0.3, 0.4) is 0 Å². The Labute approximate surface area is 176 Å². The lowest BCUT2D eigenvalue weighted by atomic mass is 10.0. The Bertz CT molecular complexity index is 1310. The summed E-state index contributed by atoms with van der Waals surface area (Å²) in [6.07, 6.45) is 0.496. The van der Waals surface area contributed by atoms with Gasteiger partial charge in [-0.05, 0) is 42.7 Å². The number of aryl methyl sites for hydroxylation is 2. The Morgan fingerprint density at radius 3 is 2.30 bits per heavy atom. The number of hydrogen-bond donors (Lipinski definition) is 1. The summed E-state index contributed by atoms with van der Waals surface area (Å²) in [4.78, 5) is 4.71. The molecule has 0 saturated carbocycles. The zero-order valence-electron chi connectivity index (χ0n) is 16.8. The van der Waals surface area contributed by atoms with Gasteiger partial charge in [-0.25, -0.2) is 18.5 Å². The molecule has 152 valence electrons. The van der Waals surface area contributed by atoms with Crippen molar-refractivity contribution in [3.8, 4) is 22.6 Å². The van der Waals surface area contributed by atoms with Gasteiger partial charge in [0.05, 0.1) is 4.90 Å². The fourth-order valence-corrected chi connectivity index (χ4v) is 4.12. The molecule has 0 radical (unpaired) electrons. The topological polar surface area (TPSA) is 86.2 Å². The Morgan fingerprint density at radius 1 is 0.900 bits per heavy atom. The Balaban J connectivity index is 1.92. The number of nitrogens with two attached hydrogens (primary N) is 1. The first-order valence-corrected chi connectivity index (χ1v) is 11.1. The lowest BCUT2D eigenvalue weighted by molar-refractivity contribution is 0.519. The van der Waals surface area contributed by atoms with E-state index in [-0.39, 0.29) is 4.90 Å². The summed E-state index contributed by atoms with van der Waals surface area (Å²) in [7, 11) is -3.93. The Kier molecular flexibility index (Phi) is 5.28. The van der Waals surface area contributed by atoms with E-state index in [0.29, 0.717) is 29.3 Å². The monoisotopic (exact) mass is 418 g/mol. The molecule has 0 atom stereocenters. The molecule has 0 bridgehead atoms. The van der Waals surface area contributed by atoms with E-state index < -0.39 is 10.0 Å². The molecule has 0 unspecified atom stereocenters. The number of rotatable bonds is 5. The van der Waals surface area contributed by atoms with E-state index in [1.807, 2.05) is 62.4 Å². The van der Waals surface area contributed by atoms with Gasteiger partial charge in [0.2, 0.25) is 10.0 Å². The highest BCUT2D eigenvalue weighted by Crippen LogP contribution is 2.36. The highest BCUT2D eigenvalue weighted by molar-refractivity contribution is 7.89. The molecule has 4 aromatic rings. The molecule has 1 heterocycles. The first-order chi connectivity index (χ1) is 14.3. The van der Waals surface area contributed by atoms with E-state index in [1.54, 1.807) is 18.2 Å². The van der Waals surface area contributed by atoms with Gasteiger partial charge in [-0.3, -0.25) is 0 Å². The second-order valence-electron chi connectivity index (χ2n) is 7.29. The predicted molar refractivity (Wildman–Crippen MR) is 117 cm³/mol. The summed E-state index contributed by atoms with van der Waals surface area (Å²) in [6, 6.07) is 22.4. The van der Waals surface area contributed by atoms with Crippen molar-refractivity contribution in [1.82, 2.24) is 4.98 Å². The van der Waals surface area contributed by atoms with Crippen LogP contribution in [0.25, 0.3) is 22.6 Å². The second-order valence-corrected chi connectivity index (χ2v) is 8.82. The average molecular weight is 419 g/mol. The lowest BCUT2D eigenvalue weighted by Crippen LogP contribution is -2.13. The minimum Gasteiger partial charge on any atom is -0.440 e. The van der Waals surface area contributed by atoms with E-state index in [9.17, 15) is 8.42 Å². The van der Waals surface area contributed by atoms with Crippen molar-refractivity contribution in [3.05, 3.63) is 95.4 Å². The fourth-order valence-electron chi connectivity index (χ4n) is 3.38. The molecule has 0 saturated heterocycles. The van der Waals surface area contributed by atoms with E-state index in [0.717, 1.165) is 22.3 Å². The van der Waals surface area contributed by atoms with Gasteiger partial charge in [0, 0.05) is 17.5 Å². The maximum atomic E-state index is 12.2. The summed E-state index contributed by atoms with van der Waals surface area (Å²) in [5.74, 6) is 1.04. The maximum Gasteiger partial charge on any atom is 0.238 e. The van der Waals surface area contributed by atoms with Gasteiger partial charge < -0.3 is 4.42 Å². The SMILES string of the molecule is Cc1ccc(-c2oc(Cc3ccccc3)nc2-c2ccccc2S(N)(=O)=O)cc1C. The lowest BCUT2D eigenvalue weighted by Gasteiger charge is -2.08. The Hall–Kier alpha value is -3.22. The van der Waals surface area contributed by atoms with Crippen LogP contribution in [0.2, 0.25) is 0 Å². The van der Waals surface area contributed by atoms with Crippen molar-refractivity contribution in [2.45, 2.75) is 25.2 Å². The van der Waals surface area contributed by atoms with Gasteiger partial charge >= 0.3 is 0 Å². The van der Waals surface area contributed by atoms with E-state index in [4.69, 9.17) is 14.5 Å². The van der Waals surface area contributed by atoms with Gasteiger partial charge in [-0.1, -0.05) is 60.7 Å². The van der Waals surface area contributed by atoms with Crippen LogP contribution in [-0.2, 0) is 16.4 Å². The van der Waals surface area contributed by atoms with Gasteiger partial charge in [0.1, 0.15) is 5.69 Å².